The third kappa shape index (κ3) is 3.04. The molecule has 0 aliphatic rings. The summed E-state index contributed by atoms with van der Waals surface area (Å²) in [5, 5.41) is 12.4. The minimum atomic E-state index is 0.226. The molecule has 0 amide bonds. The first-order valence-electron chi connectivity index (χ1n) is 5.69. The van der Waals surface area contributed by atoms with Gasteiger partial charge in [-0.3, -0.25) is 0 Å². The Morgan fingerprint density at radius 2 is 1.63 bits per heavy atom. The third-order valence-electron chi connectivity index (χ3n) is 2.59. The summed E-state index contributed by atoms with van der Waals surface area (Å²) in [6, 6.07) is 6.77. The summed E-state index contributed by atoms with van der Waals surface area (Å²) in [7, 11) is 3.09. The number of aromatic hydroxyl groups is 1. The van der Waals surface area contributed by atoms with Crippen LogP contribution in [0.15, 0.2) is 30.6 Å². The van der Waals surface area contributed by atoms with Crippen LogP contribution in [0.25, 0.3) is 0 Å². The van der Waals surface area contributed by atoms with E-state index in [1.165, 1.54) is 6.33 Å². The molecule has 0 saturated carbocycles. The second-order valence-electron chi connectivity index (χ2n) is 3.77. The normalized spacial score (nSPS) is 10.0. The van der Waals surface area contributed by atoms with Gasteiger partial charge in [0.25, 0.3) is 0 Å². The quantitative estimate of drug-likeness (QED) is 0.799. The molecule has 2 rings (SSSR count). The van der Waals surface area contributed by atoms with E-state index in [0.717, 1.165) is 11.3 Å². The van der Waals surface area contributed by atoms with E-state index in [1.54, 1.807) is 38.5 Å². The summed E-state index contributed by atoms with van der Waals surface area (Å²) in [5.41, 5.74) is 1.60. The SMILES string of the molecule is COc1ncnc(OC)c1CNc1ccc(O)cc1. The van der Waals surface area contributed by atoms with Crippen LogP contribution in [-0.4, -0.2) is 29.3 Å². The first-order chi connectivity index (χ1) is 9.24. The van der Waals surface area contributed by atoms with Gasteiger partial charge in [-0.05, 0) is 24.3 Å². The zero-order valence-electron chi connectivity index (χ0n) is 10.8. The molecule has 0 aliphatic carbocycles. The van der Waals surface area contributed by atoms with Crippen molar-refractivity contribution < 1.29 is 14.6 Å². The molecule has 0 spiro atoms. The highest BCUT2D eigenvalue weighted by atomic mass is 16.5. The fourth-order valence-corrected chi connectivity index (χ4v) is 1.65. The fourth-order valence-electron chi connectivity index (χ4n) is 1.65. The summed E-state index contributed by atoms with van der Waals surface area (Å²) in [4.78, 5) is 8.08. The van der Waals surface area contributed by atoms with Crippen LogP contribution in [-0.2, 0) is 6.54 Å². The highest BCUT2D eigenvalue weighted by Gasteiger charge is 2.12. The van der Waals surface area contributed by atoms with E-state index in [0.29, 0.717) is 18.3 Å². The Morgan fingerprint density at radius 1 is 1.05 bits per heavy atom. The van der Waals surface area contributed by atoms with Crippen LogP contribution in [0.1, 0.15) is 5.56 Å². The molecule has 2 N–H and O–H groups in total. The molecule has 0 saturated heterocycles. The molecule has 0 radical (unpaired) electrons. The van der Waals surface area contributed by atoms with Crippen molar-refractivity contribution in [3.63, 3.8) is 0 Å². The maximum atomic E-state index is 9.22. The van der Waals surface area contributed by atoms with Crippen molar-refractivity contribution >= 4 is 5.69 Å². The van der Waals surface area contributed by atoms with Gasteiger partial charge in [0.2, 0.25) is 11.8 Å². The molecule has 2 aromatic rings. The lowest BCUT2D eigenvalue weighted by Gasteiger charge is -2.12. The van der Waals surface area contributed by atoms with Gasteiger partial charge < -0.3 is 19.9 Å². The van der Waals surface area contributed by atoms with Gasteiger partial charge in [0.1, 0.15) is 12.1 Å². The first kappa shape index (κ1) is 12.9. The van der Waals surface area contributed by atoms with E-state index >= 15 is 0 Å². The predicted molar refractivity (Wildman–Crippen MR) is 70.6 cm³/mol. The number of rotatable bonds is 5. The number of ether oxygens (including phenoxy) is 2. The smallest absolute Gasteiger partial charge is 0.225 e. The maximum absolute atomic E-state index is 9.22. The Balaban J connectivity index is 2.16. The number of nitrogens with one attached hydrogen (secondary N) is 1. The number of nitrogens with zero attached hydrogens (tertiary/aromatic N) is 2. The second-order valence-corrected chi connectivity index (χ2v) is 3.77. The molecule has 6 nitrogen and oxygen atoms in total. The number of anilines is 1. The van der Waals surface area contributed by atoms with E-state index < -0.39 is 0 Å². The molecule has 1 aromatic carbocycles. The summed E-state index contributed by atoms with van der Waals surface area (Å²) >= 11 is 0. The Labute approximate surface area is 111 Å². The van der Waals surface area contributed by atoms with Crippen LogP contribution in [0.2, 0.25) is 0 Å². The third-order valence-corrected chi connectivity index (χ3v) is 2.59. The van der Waals surface area contributed by atoms with Gasteiger partial charge in [0.15, 0.2) is 0 Å². The number of benzene rings is 1. The second kappa shape index (κ2) is 5.90. The molecule has 0 atom stereocenters. The minimum Gasteiger partial charge on any atom is -0.508 e. The fraction of sp³-hybridized carbons (Fsp3) is 0.231. The Hall–Kier alpha value is -2.50. The highest BCUT2D eigenvalue weighted by molar-refractivity contribution is 5.48. The lowest BCUT2D eigenvalue weighted by molar-refractivity contribution is 0.363. The lowest BCUT2D eigenvalue weighted by Crippen LogP contribution is -2.06. The van der Waals surface area contributed by atoms with Gasteiger partial charge in [-0.1, -0.05) is 0 Å². The van der Waals surface area contributed by atoms with Crippen molar-refractivity contribution in [2.24, 2.45) is 0 Å². The van der Waals surface area contributed by atoms with E-state index in [2.05, 4.69) is 15.3 Å². The molecule has 19 heavy (non-hydrogen) atoms. The molecule has 0 unspecified atom stereocenters. The number of hydrogen-bond donors (Lipinski definition) is 2. The van der Waals surface area contributed by atoms with Crippen molar-refractivity contribution in [2.75, 3.05) is 19.5 Å². The number of phenolic OH excluding ortho intramolecular Hbond substituents is 1. The van der Waals surface area contributed by atoms with Crippen LogP contribution < -0.4 is 14.8 Å². The molecule has 0 fully saturated rings. The number of phenols is 1. The van der Waals surface area contributed by atoms with Gasteiger partial charge in [0, 0.05) is 5.69 Å². The van der Waals surface area contributed by atoms with Crippen molar-refractivity contribution in [1.82, 2.24) is 9.97 Å². The maximum Gasteiger partial charge on any atom is 0.225 e. The molecule has 100 valence electrons. The Bertz CT molecular complexity index is 521. The largest absolute Gasteiger partial charge is 0.508 e. The van der Waals surface area contributed by atoms with Crippen molar-refractivity contribution in [1.29, 1.82) is 0 Å². The predicted octanol–water partition coefficient (Wildman–Crippen LogP) is 1.81. The molecule has 1 heterocycles. The van der Waals surface area contributed by atoms with Crippen molar-refractivity contribution in [2.45, 2.75) is 6.54 Å². The number of methoxy groups -OCH3 is 2. The summed E-state index contributed by atoms with van der Waals surface area (Å²) in [5.74, 6) is 1.17. The lowest BCUT2D eigenvalue weighted by atomic mass is 10.2. The van der Waals surface area contributed by atoms with E-state index in [-0.39, 0.29) is 5.75 Å². The van der Waals surface area contributed by atoms with Gasteiger partial charge in [0.05, 0.1) is 26.3 Å². The van der Waals surface area contributed by atoms with Crippen LogP contribution >= 0.6 is 0 Å². The average Bonchev–Trinajstić information content (AvgIpc) is 2.46. The van der Waals surface area contributed by atoms with E-state index in [1.807, 2.05) is 0 Å². The molecular weight excluding hydrogens is 246 g/mol. The summed E-state index contributed by atoms with van der Waals surface area (Å²) in [6.45, 7) is 0.456. The summed E-state index contributed by atoms with van der Waals surface area (Å²) < 4.78 is 10.4. The highest BCUT2D eigenvalue weighted by Crippen LogP contribution is 2.24. The van der Waals surface area contributed by atoms with Crippen LogP contribution in [0.4, 0.5) is 5.69 Å². The number of aromatic nitrogens is 2. The molecule has 0 aliphatic heterocycles. The minimum absolute atomic E-state index is 0.226. The zero-order chi connectivity index (χ0) is 13.7. The van der Waals surface area contributed by atoms with Crippen LogP contribution in [0.5, 0.6) is 17.5 Å². The Kier molecular flexibility index (Phi) is 4.02. The number of hydrogen-bond acceptors (Lipinski definition) is 6. The molecule has 1 aromatic heterocycles. The van der Waals surface area contributed by atoms with E-state index in [4.69, 9.17) is 9.47 Å². The monoisotopic (exact) mass is 261 g/mol. The zero-order valence-corrected chi connectivity index (χ0v) is 10.8. The molecular formula is C13H15N3O3. The average molecular weight is 261 g/mol. The van der Waals surface area contributed by atoms with E-state index in [9.17, 15) is 5.11 Å². The molecule has 6 heteroatoms. The van der Waals surface area contributed by atoms with Gasteiger partial charge >= 0.3 is 0 Å². The van der Waals surface area contributed by atoms with Gasteiger partial charge in [-0.25, -0.2) is 9.97 Å². The van der Waals surface area contributed by atoms with Crippen molar-refractivity contribution in [3.05, 3.63) is 36.2 Å². The standard InChI is InChI=1S/C13H15N3O3/c1-18-12-11(13(19-2)16-8-15-12)7-14-9-3-5-10(17)6-4-9/h3-6,8,14,17H,7H2,1-2H3. The van der Waals surface area contributed by atoms with Crippen LogP contribution in [0, 0.1) is 0 Å². The van der Waals surface area contributed by atoms with Crippen LogP contribution in [0.3, 0.4) is 0 Å². The van der Waals surface area contributed by atoms with Gasteiger partial charge in [-0.2, -0.15) is 0 Å². The Morgan fingerprint density at radius 3 is 2.16 bits per heavy atom. The topological polar surface area (TPSA) is 76.5 Å². The summed E-state index contributed by atoms with van der Waals surface area (Å²) in [6.07, 6.45) is 1.39. The molecule has 0 bridgehead atoms. The first-order valence-corrected chi connectivity index (χ1v) is 5.69. The van der Waals surface area contributed by atoms with Gasteiger partial charge in [-0.15, -0.1) is 0 Å². The van der Waals surface area contributed by atoms with Crippen molar-refractivity contribution in [3.8, 4) is 17.5 Å².